The van der Waals surface area contributed by atoms with Crippen LogP contribution < -0.4 is 0 Å². The van der Waals surface area contributed by atoms with Crippen molar-refractivity contribution in [2.24, 2.45) is 0 Å². The quantitative estimate of drug-likeness (QED) is 0.585. The Morgan fingerprint density at radius 3 is 2.32 bits per heavy atom. The molecule has 7 heteroatoms. The van der Waals surface area contributed by atoms with Crippen molar-refractivity contribution in [3.63, 3.8) is 0 Å². The van der Waals surface area contributed by atoms with Gasteiger partial charge in [-0.1, -0.05) is 20.8 Å². The molecule has 0 unspecified atom stereocenters. The van der Waals surface area contributed by atoms with E-state index >= 15 is 0 Å². The SMILES string of the molecule is CCOC(=O)N1C[C@H](O[Si](C)(C)C(C)(C)C)C[C@H]1C(=O)OC. The highest BCUT2D eigenvalue weighted by Crippen LogP contribution is 2.39. The van der Waals surface area contributed by atoms with E-state index in [0.717, 1.165) is 0 Å². The van der Waals surface area contributed by atoms with E-state index in [1.165, 1.54) is 12.0 Å². The molecule has 1 rings (SSSR count). The first kappa shape index (κ1) is 19.0. The Kier molecular flexibility index (Phi) is 6.03. The van der Waals surface area contributed by atoms with Gasteiger partial charge in [0, 0.05) is 13.0 Å². The molecule has 1 saturated heterocycles. The zero-order valence-corrected chi connectivity index (χ0v) is 15.8. The van der Waals surface area contributed by atoms with Gasteiger partial charge in [-0.05, 0) is 25.1 Å². The molecule has 1 heterocycles. The highest BCUT2D eigenvalue weighted by atomic mass is 28.4. The van der Waals surface area contributed by atoms with Gasteiger partial charge in [0.1, 0.15) is 6.04 Å². The topological polar surface area (TPSA) is 65.1 Å². The molecule has 0 bridgehead atoms. The molecule has 0 aliphatic carbocycles. The third-order valence-electron chi connectivity index (χ3n) is 4.51. The Morgan fingerprint density at radius 2 is 1.86 bits per heavy atom. The van der Waals surface area contributed by atoms with Gasteiger partial charge in [-0.3, -0.25) is 4.90 Å². The molecule has 0 spiro atoms. The molecule has 2 atom stereocenters. The predicted molar refractivity (Wildman–Crippen MR) is 86.2 cm³/mol. The van der Waals surface area contributed by atoms with Crippen molar-refractivity contribution in [1.82, 2.24) is 4.90 Å². The van der Waals surface area contributed by atoms with Crippen LogP contribution in [0.2, 0.25) is 18.1 Å². The first-order chi connectivity index (χ1) is 10.0. The lowest BCUT2D eigenvalue weighted by Crippen LogP contribution is -2.45. The number of carbonyl (C=O) groups excluding carboxylic acids is 2. The summed E-state index contributed by atoms with van der Waals surface area (Å²) in [4.78, 5) is 25.4. The fourth-order valence-electron chi connectivity index (χ4n) is 2.24. The number of methoxy groups -OCH3 is 1. The first-order valence-electron chi connectivity index (χ1n) is 7.72. The largest absolute Gasteiger partial charge is 0.467 e. The Bertz CT molecular complexity index is 419. The number of hydrogen-bond donors (Lipinski definition) is 0. The maximum atomic E-state index is 12.0. The van der Waals surface area contributed by atoms with Gasteiger partial charge in [-0.2, -0.15) is 0 Å². The molecule has 1 fully saturated rings. The van der Waals surface area contributed by atoms with Crippen LogP contribution in [0.3, 0.4) is 0 Å². The van der Waals surface area contributed by atoms with E-state index in [4.69, 9.17) is 13.9 Å². The predicted octanol–water partition coefficient (Wildman–Crippen LogP) is 2.78. The molecule has 0 aromatic carbocycles. The Morgan fingerprint density at radius 1 is 1.27 bits per heavy atom. The van der Waals surface area contributed by atoms with Crippen molar-refractivity contribution >= 4 is 20.4 Å². The minimum Gasteiger partial charge on any atom is -0.467 e. The number of nitrogens with zero attached hydrogens (tertiary/aromatic N) is 1. The summed E-state index contributed by atoms with van der Waals surface area (Å²) in [6.07, 6.45) is -0.188. The molecular weight excluding hydrogens is 302 g/mol. The van der Waals surface area contributed by atoms with Crippen LogP contribution in [0.1, 0.15) is 34.1 Å². The minimum absolute atomic E-state index is 0.0745. The average Bonchev–Trinajstić information content (AvgIpc) is 2.80. The summed E-state index contributed by atoms with van der Waals surface area (Å²) in [5.41, 5.74) is 0. The second-order valence-electron chi connectivity index (χ2n) is 7.13. The molecule has 0 N–H and O–H groups in total. The lowest BCUT2D eigenvalue weighted by atomic mass is 10.2. The number of ether oxygens (including phenoxy) is 2. The number of rotatable bonds is 4. The molecule has 22 heavy (non-hydrogen) atoms. The molecule has 1 aliphatic rings. The van der Waals surface area contributed by atoms with Crippen LogP contribution in [0, 0.1) is 0 Å². The van der Waals surface area contributed by atoms with Gasteiger partial charge in [0.25, 0.3) is 0 Å². The second kappa shape index (κ2) is 7.00. The zero-order chi connectivity index (χ0) is 17.1. The summed E-state index contributed by atoms with van der Waals surface area (Å²) in [6, 6.07) is -0.626. The van der Waals surface area contributed by atoms with Crippen LogP contribution in [0.4, 0.5) is 4.79 Å². The lowest BCUT2D eigenvalue weighted by molar-refractivity contribution is -0.145. The normalized spacial score (nSPS) is 22.6. The number of carbonyl (C=O) groups is 2. The van der Waals surface area contributed by atoms with Crippen LogP contribution in [0.15, 0.2) is 0 Å². The molecule has 0 aromatic heterocycles. The van der Waals surface area contributed by atoms with E-state index in [0.29, 0.717) is 13.0 Å². The van der Waals surface area contributed by atoms with Crippen molar-refractivity contribution in [2.75, 3.05) is 20.3 Å². The number of esters is 1. The summed E-state index contributed by atoms with van der Waals surface area (Å²) in [7, 11) is -0.631. The molecule has 128 valence electrons. The van der Waals surface area contributed by atoms with Gasteiger partial charge in [-0.25, -0.2) is 9.59 Å². The molecule has 1 aliphatic heterocycles. The third-order valence-corrected chi connectivity index (χ3v) is 9.04. The molecule has 1 amide bonds. The summed E-state index contributed by atoms with van der Waals surface area (Å²) in [5.74, 6) is -0.422. The minimum atomic E-state index is -1.96. The smallest absolute Gasteiger partial charge is 0.410 e. The van der Waals surface area contributed by atoms with Crippen molar-refractivity contribution < 1.29 is 23.5 Å². The first-order valence-corrected chi connectivity index (χ1v) is 10.6. The molecule has 0 saturated carbocycles. The van der Waals surface area contributed by atoms with Crippen molar-refractivity contribution in [3.8, 4) is 0 Å². The van der Waals surface area contributed by atoms with Crippen molar-refractivity contribution in [2.45, 2.75) is 64.4 Å². The number of likely N-dealkylation sites (tertiary alicyclic amines) is 1. The Hall–Kier alpha value is -1.08. The van der Waals surface area contributed by atoms with E-state index < -0.39 is 26.4 Å². The van der Waals surface area contributed by atoms with E-state index in [2.05, 4.69) is 33.9 Å². The Labute approximate surface area is 134 Å². The van der Waals surface area contributed by atoms with E-state index in [9.17, 15) is 9.59 Å². The molecular formula is C15H29NO5Si. The second-order valence-corrected chi connectivity index (χ2v) is 11.9. The fraction of sp³-hybridized carbons (Fsp3) is 0.867. The molecule has 6 nitrogen and oxygen atoms in total. The van der Waals surface area contributed by atoms with Crippen LogP contribution in [0.25, 0.3) is 0 Å². The summed E-state index contributed by atoms with van der Waals surface area (Å²) in [6.45, 7) is 13.2. The van der Waals surface area contributed by atoms with Crippen LogP contribution in [-0.4, -0.2) is 57.7 Å². The van der Waals surface area contributed by atoms with Gasteiger partial charge in [0.05, 0.1) is 19.8 Å². The monoisotopic (exact) mass is 331 g/mol. The molecule has 0 radical (unpaired) electrons. The molecule has 0 aromatic rings. The maximum Gasteiger partial charge on any atom is 0.410 e. The highest BCUT2D eigenvalue weighted by molar-refractivity contribution is 6.74. The summed E-state index contributed by atoms with van der Waals surface area (Å²) >= 11 is 0. The zero-order valence-electron chi connectivity index (χ0n) is 14.8. The van der Waals surface area contributed by atoms with Gasteiger partial charge < -0.3 is 13.9 Å². The lowest BCUT2D eigenvalue weighted by Gasteiger charge is -2.38. The van der Waals surface area contributed by atoms with E-state index in [1.807, 2.05) is 0 Å². The Balaban J connectivity index is 2.85. The number of amides is 1. The van der Waals surface area contributed by atoms with Crippen LogP contribution >= 0.6 is 0 Å². The van der Waals surface area contributed by atoms with Crippen LogP contribution in [-0.2, 0) is 18.7 Å². The third kappa shape index (κ3) is 4.22. The van der Waals surface area contributed by atoms with Gasteiger partial charge in [0.2, 0.25) is 0 Å². The highest BCUT2D eigenvalue weighted by Gasteiger charge is 2.46. The van der Waals surface area contributed by atoms with Gasteiger partial charge in [0.15, 0.2) is 8.32 Å². The maximum absolute atomic E-state index is 12.0. The number of hydrogen-bond acceptors (Lipinski definition) is 5. The van der Waals surface area contributed by atoms with Gasteiger partial charge in [-0.15, -0.1) is 0 Å². The average molecular weight is 331 g/mol. The summed E-state index contributed by atoms with van der Waals surface area (Å²) in [5, 5.41) is 0.0745. The van der Waals surface area contributed by atoms with E-state index in [1.54, 1.807) is 6.92 Å². The standard InChI is InChI=1S/C15H29NO5Si/c1-8-20-14(18)16-10-11(9-12(16)13(17)19-5)21-22(6,7)15(2,3)4/h11-12H,8-10H2,1-7H3/t11-,12+/m1/s1. The van der Waals surface area contributed by atoms with Gasteiger partial charge >= 0.3 is 12.1 Å². The fourth-order valence-corrected chi connectivity index (χ4v) is 3.60. The van der Waals surface area contributed by atoms with Crippen LogP contribution in [0.5, 0.6) is 0 Å². The van der Waals surface area contributed by atoms with Crippen molar-refractivity contribution in [1.29, 1.82) is 0 Å². The summed E-state index contributed by atoms with van der Waals surface area (Å²) < 4.78 is 16.2. The van der Waals surface area contributed by atoms with Crippen molar-refractivity contribution in [3.05, 3.63) is 0 Å². The van der Waals surface area contributed by atoms with E-state index in [-0.39, 0.29) is 17.7 Å².